The SMILES string of the molecule is CC1([N+](=O)[O-])CC(C(F)(F)F)=CC=C1C(=O)O. The molecule has 94 valence electrons. The predicted octanol–water partition coefficient (Wildman–Crippen LogP) is 1.93. The first-order chi connectivity index (χ1) is 7.59. The molecule has 0 amide bonds. The van der Waals surface area contributed by atoms with Gasteiger partial charge in [-0.2, -0.15) is 13.2 Å². The molecule has 0 spiro atoms. The second-order valence-electron chi connectivity index (χ2n) is 3.78. The minimum atomic E-state index is -4.70. The van der Waals surface area contributed by atoms with Crippen LogP contribution in [0.3, 0.4) is 0 Å². The molecular weight excluding hydrogens is 243 g/mol. The molecule has 5 nitrogen and oxygen atoms in total. The van der Waals surface area contributed by atoms with Crippen molar-refractivity contribution >= 4 is 5.97 Å². The van der Waals surface area contributed by atoms with Gasteiger partial charge in [-0.25, -0.2) is 4.79 Å². The molecular formula is C9H8F3NO4. The number of carboxylic acids is 1. The van der Waals surface area contributed by atoms with Gasteiger partial charge in [0.1, 0.15) is 5.57 Å². The molecule has 17 heavy (non-hydrogen) atoms. The maximum Gasteiger partial charge on any atom is 0.412 e. The largest absolute Gasteiger partial charge is 0.478 e. The van der Waals surface area contributed by atoms with Crippen LogP contribution in [0.5, 0.6) is 0 Å². The van der Waals surface area contributed by atoms with E-state index in [0.29, 0.717) is 12.2 Å². The van der Waals surface area contributed by atoms with E-state index in [4.69, 9.17) is 5.11 Å². The highest BCUT2D eigenvalue weighted by atomic mass is 19.4. The average Bonchev–Trinajstić information content (AvgIpc) is 2.15. The van der Waals surface area contributed by atoms with Crippen LogP contribution in [0.15, 0.2) is 23.3 Å². The summed E-state index contributed by atoms with van der Waals surface area (Å²) in [6.07, 6.45) is -4.48. The lowest BCUT2D eigenvalue weighted by Gasteiger charge is -2.26. The Bertz CT molecular complexity index is 438. The molecule has 0 aromatic rings. The summed E-state index contributed by atoms with van der Waals surface area (Å²) in [7, 11) is 0. The summed E-state index contributed by atoms with van der Waals surface area (Å²) in [4.78, 5) is 20.5. The van der Waals surface area contributed by atoms with Gasteiger partial charge in [0.15, 0.2) is 0 Å². The molecule has 0 radical (unpaired) electrons. The van der Waals surface area contributed by atoms with Gasteiger partial charge < -0.3 is 5.11 Å². The fraction of sp³-hybridized carbons (Fsp3) is 0.444. The molecule has 1 N–H and O–H groups in total. The Morgan fingerprint density at radius 2 is 2.06 bits per heavy atom. The predicted molar refractivity (Wildman–Crippen MR) is 49.9 cm³/mol. The lowest BCUT2D eigenvalue weighted by Crippen LogP contribution is -2.43. The van der Waals surface area contributed by atoms with Crippen LogP contribution >= 0.6 is 0 Å². The number of nitro groups is 1. The number of hydrogen-bond donors (Lipinski definition) is 1. The van der Waals surface area contributed by atoms with Gasteiger partial charge in [0.2, 0.25) is 0 Å². The van der Waals surface area contributed by atoms with Crippen LogP contribution in [0.2, 0.25) is 0 Å². The number of carbonyl (C=O) groups is 1. The Labute approximate surface area is 93.4 Å². The normalized spacial score (nSPS) is 24.9. The van der Waals surface area contributed by atoms with E-state index in [1.807, 2.05) is 0 Å². The second kappa shape index (κ2) is 3.86. The maximum absolute atomic E-state index is 12.4. The number of allylic oxidation sites excluding steroid dienone is 2. The van der Waals surface area contributed by atoms with Crippen LogP contribution in [0.4, 0.5) is 13.2 Å². The first-order valence-corrected chi connectivity index (χ1v) is 4.45. The van der Waals surface area contributed by atoms with E-state index in [-0.39, 0.29) is 0 Å². The van der Waals surface area contributed by atoms with Crippen LogP contribution in [-0.2, 0) is 4.79 Å². The zero-order valence-electron chi connectivity index (χ0n) is 8.61. The number of nitrogens with zero attached hydrogens (tertiary/aromatic N) is 1. The van der Waals surface area contributed by atoms with Crippen LogP contribution in [0, 0.1) is 10.1 Å². The Morgan fingerprint density at radius 1 is 1.53 bits per heavy atom. The van der Waals surface area contributed by atoms with Crippen molar-refractivity contribution in [2.75, 3.05) is 0 Å². The van der Waals surface area contributed by atoms with Crippen molar-refractivity contribution in [2.24, 2.45) is 0 Å². The number of alkyl halides is 3. The van der Waals surface area contributed by atoms with Crippen molar-refractivity contribution in [3.63, 3.8) is 0 Å². The highest BCUT2D eigenvalue weighted by Crippen LogP contribution is 2.39. The van der Waals surface area contributed by atoms with Gasteiger partial charge in [0.25, 0.3) is 5.54 Å². The highest BCUT2D eigenvalue weighted by molar-refractivity contribution is 5.89. The molecule has 0 saturated carbocycles. The number of hydrogen-bond acceptors (Lipinski definition) is 3. The van der Waals surface area contributed by atoms with Gasteiger partial charge in [-0.1, -0.05) is 6.08 Å². The summed E-state index contributed by atoms with van der Waals surface area (Å²) in [6, 6.07) is 0. The molecule has 0 aliphatic heterocycles. The maximum atomic E-state index is 12.4. The van der Waals surface area contributed by atoms with Crippen LogP contribution < -0.4 is 0 Å². The molecule has 8 heteroatoms. The third-order valence-corrected chi connectivity index (χ3v) is 2.56. The van der Waals surface area contributed by atoms with Gasteiger partial charge in [0.05, 0.1) is 6.42 Å². The molecule has 0 aromatic carbocycles. The summed E-state index contributed by atoms with van der Waals surface area (Å²) in [5, 5.41) is 19.5. The van der Waals surface area contributed by atoms with E-state index in [9.17, 15) is 28.1 Å². The molecule has 1 unspecified atom stereocenters. The Hall–Kier alpha value is -1.86. The Balaban J connectivity index is 3.29. The van der Waals surface area contributed by atoms with E-state index in [2.05, 4.69) is 0 Å². The lowest BCUT2D eigenvalue weighted by atomic mass is 9.81. The van der Waals surface area contributed by atoms with Crippen molar-refractivity contribution < 1.29 is 28.0 Å². The molecule has 0 aromatic heterocycles. The standard InChI is InChI=1S/C9H8F3NO4/c1-8(13(16)17)4-5(9(10,11)12)2-3-6(8)7(14)15/h2-3H,4H2,1H3,(H,14,15). The van der Waals surface area contributed by atoms with E-state index < -0.39 is 40.2 Å². The zero-order valence-corrected chi connectivity index (χ0v) is 8.61. The summed E-state index contributed by atoms with van der Waals surface area (Å²) < 4.78 is 37.2. The second-order valence-corrected chi connectivity index (χ2v) is 3.78. The van der Waals surface area contributed by atoms with E-state index in [1.165, 1.54) is 0 Å². The summed E-state index contributed by atoms with van der Waals surface area (Å²) >= 11 is 0. The van der Waals surface area contributed by atoms with Gasteiger partial charge >= 0.3 is 12.1 Å². The lowest BCUT2D eigenvalue weighted by molar-refractivity contribution is -0.553. The molecule has 0 saturated heterocycles. The van der Waals surface area contributed by atoms with Gasteiger partial charge in [-0.15, -0.1) is 0 Å². The van der Waals surface area contributed by atoms with Gasteiger partial charge in [0, 0.05) is 17.4 Å². The summed E-state index contributed by atoms with van der Waals surface area (Å²) in [6.45, 7) is 0.867. The fourth-order valence-corrected chi connectivity index (χ4v) is 1.55. The fourth-order valence-electron chi connectivity index (χ4n) is 1.55. The minimum Gasteiger partial charge on any atom is -0.478 e. The molecule has 1 atom stereocenters. The van der Waals surface area contributed by atoms with Crippen molar-refractivity contribution in [1.29, 1.82) is 0 Å². The average molecular weight is 251 g/mol. The molecule has 0 bridgehead atoms. The summed E-state index contributed by atoms with van der Waals surface area (Å²) in [5.41, 5.74) is -4.02. The van der Waals surface area contributed by atoms with Crippen molar-refractivity contribution in [3.8, 4) is 0 Å². The third-order valence-electron chi connectivity index (χ3n) is 2.56. The topological polar surface area (TPSA) is 80.4 Å². The minimum absolute atomic E-state index is 0.564. The molecule has 0 fully saturated rings. The molecule has 1 aliphatic carbocycles. The third kappa shape index (κ3) is 2.29. The van der Waals surface area contributed by atoms with Crippen LogP contribution in [0.1, 0.15) is 13.3 Å². The number of rotatable bonds is 2. The van der Waals surface area contributed by atoms with Gasteiger partial charge in [-0.3, -0.25) is 10.1 Å². The summed E-state index contributed by atoms with van der Waals surface area (Å²) in [5.74, 6) is -1.60. The van der Waals surface area contributed by atoms with Gasteiger partial charge in [-0.05, 0) is 6.08 Å². The number of halogens is 3. The smallest absolute Gasteiger partial charge is 0.412 e. The Kier molecular flexibility index (Phi) is 3.00. The van der Waals surface area contributed by atoms with E-state index in [0.717, 1.165) is 6.92 Å². The molecule has 1 rings (SSSR count). The monoisotopic (exact) mass is 251 g/mol. The molecule has 1 aliphatic rings. The van der Waals surface area contributed by atoms with Crippen LogP contribution in [-0.4, -0.2) is 27.7 Å². The quantitative estimate of drug-likeness (QED) is 0.600. The van der Waals surface area contributed by atoms with Crippen LogP contribution in [0.25, 0.3) is 0 Å². The number of aliphatic carboxylic acids is 1. The first kappa shape index (κ1) is 13.2. The van der Waals surface area contributed by atoms with E-state index >= 15 is 0 Å². The van der Waals surface area contributed by atoms with Crippen molar-refractivity contribution in [1.82, 2.24) is 0 Å². The van der Waals surface area contributed by atoms with Crippen molar-refractivity contribution in [3.05, 3.63) is 33.4 Å². The highest BCUT2D eigenvalue weighted by Gasteiger charge is 2.51. The number of carboxylic acid groups (broad SMARTS) is 1. The Morgan fingerprint density at radius 3 is 2.41 bits per heavy atom. The first-order valence-electron chi connectivity index (χ1n) is 4.45. The van der Waals surface area contributed by atoms with Crippen molar-refractivity contribution in [2.45, 2.75) is 25.1 Å². The molecule has 0 heterocycles. The zero-order chi connectivity index (χ0) is 13.4. The van der Waals surface area contributed by atoms with E-state index in [1.54, 1.807) is 0 Å².